The first kappa shape index (κ1) is 14.5. The van der Waals surface area contributed by atoms with Gasteiger partial charge in [0.1, 0.15) is 0 Å². The van der Waals surface area contributed by atoms with Crippen LogP contribution in [0.1, 0.15) is 31.1 Å². The van der Waals surface area contributed by atoms with E-state index in [1.165, 1.54) is 0 Å². The molecule has 2 N–H and O–H groups in total. The van der Waals surface area contributed by atoms with E-state index < -0.39 is 11.6 Å². The molecule has 1 unspecified atom stereocenters. The van der Waals surface area contributed by atoms with Crippen LogP contribution in [0.5, 0.6) is 0 Å². The van der Waals surface area contributed by atoms with Crippen LogP contribution in [0, 0.1) is 0 Å². The number of rotatable bonds is 3. The van der Waals surface area contributed by atoms with E-state index in [0.29, 0.717) is 10.6 Å². The van der Waals surface area contributed by atoms with Gasteiger partial charge in [-0.1, -0.05) is 27.5 Å². The van der Waals surface area contributed by atoms with Gasteiger partial charge < -0.3 is 10.4 Å². The first-order chi connectivity index (χ1) is 7.74. The third-order valence-electron chi connectivity index (χ3n) is 2.65. The molecule has 0 radical (unpaired) electrons. The van der Waals surface area contributed by atoms with Crippen molar-refractivity contribution in [1.29, 1.82) is 0 Å². The monoisotopic (exact) mass is 319 g/mol. The Hall–Kier alpha value is -0.580. The quantitative estimate of drug-likeness (QED) is 0.899. The second kappa shape index (κ2) is 5.38. The van der Waals surface area contributed by atoms with Gasteiger partial charge >= 0.3 is 0 Å². The minimum Gasteiger partial charge on any atom is -0.391 e. The van der Waals surface area contributed by atoms with Gasteiger partial charge in [-0.3, -0.25) is 4.79 Å². The molecule has 0 aliphatic heterocycles. The van der Waals surface area contributed by atoms with Crippen LogP contribution < -0.4 is 5.32 Å². The minimum absolute atomic E-state index is 0.304. The molecule has 1 amide bonds. The van der Waals surface area contributed by atoms with E-state index in [0.717, 1.165) is 4.47 Å². The first-order valence-corrected chi connectivity index (χ1v) is 6.37. The average molecular weight is 321 g/mol. The molecule has 0 saturated carbocycles. The standard InChI is InChI=1S/C12H15BrClNO2/c1-7(16)12(2,3)15-11(17)9-6-8(13)4-5-10(9)14/h4-7,16H,1-3H3,(H,15,17). The lowest BCUT2D eigenvalue weighted by Gasteiger charge is -2.29. The highest BCUT2D eigenvalue weighted by atomic mass is 79.9. The molecular weight excluding hydrogens is 305 g/mol. The van der Waals surface area contributed by atoms with E-state index in [2.05, 4.69) is 21.2 Å². The van der Waals surface area contributed by atoms with Gasteiger partial charge in [0, 0.05) is 4.47 Å². The maximum Gasteiger partial charge on any atom is 0.253 e. The lowest BCUT2D eigenvalue weighted by Crippen LogP contribution is -2.51. The van der Waals surface area contributed by atoms with Crippen molar-refractivity contribution in [3.05, 3.63) is 33.3 Å². The number of benzene rings is 1. The zero-order valence-corrected chi connectivity index (χ0v) is 12.3. The van der Waals surface area contributed by atoms with Gasteiger partial charge in [0.15, 0.2) is 0 Å². The number of hydrogen-bond donors (Lipinski definition) is 2. The molecule has 0 heterocycles. The molecule has 1 atom stereocenters. The average Bonchev–Trinajstić information content (AvgIpc) is 2.20. The molecule has 0 aromatic heterocycles. The summed E-state index contributed by atoms with van der Waals surface area (Å²) in [5.41, 5.74) is -0.322. The van der Waals surface area contributed by atoms with Gasteiger partial charge in [0.25, 0.3) is 5.91 Å². The summed E-state index contributed by atoms with van der Waals surface area (Å²) >= 11 is 9.24. The highest BCUT2D eigenvalue weighted by Crippen LogP contribution is 2.22. The number of amides is 1. The van der Waals surface area contributed by atoms with Crippen LogP contribution in [-0.4, -0.2) is 22.7 Å². The van der Waals surface area contributed by atoms with Crippen molar-refractivity contribution < 1.29 is 9.90 Å². The highest BCUT2D eigenvalue weighted by Gasteiger charge is 2.27. The maximum absolute atomic E-state index is 12.0. The van der Waals surface area contributed by atoms with Gasteiger partial charge in [-0.15, -0.1) is 0 Å². The topological polar surface area (TPSA) is 49.3 Å². The van der Waals surface area contributed by atoms with Gasteiger partial charge in [0.05, 0.1) is 22.2 Å². The Morgan fingerprint density at radius 1 is 1.53 bits per heavy atom. The Bertz CT molecular complexity index is 433. The van der Waals surface area contributed by atoms with Crippen molar-refractivity contribution in [2.45, 2.75) is 32.4 Å². The Morgan fingerprint density at radius 3 is 2.65 bits per heavy atom. The van der Waals surface area contributed by atoms with Gasteiger partial charge in [-0.05, 0) is 39.0 Å². The highest BCUT2D eigenvalue weighted by molar-refractivity contribution is 9.10. The Kier molecular flexibility index (Phi) is 4.58. The van der Waals surface area contributed by atoms with Gasteiger partial charge in [-0.2, -0.15) is 0 Å². The summed E-state index contributed by atoms with van der Waals surface area (Å²) in [5, 5.41) is 12.7. The van der Waals surface area contributed by atoms with Crippen LogP contribution in [-0.2, 0) is 0 Å². The number of nitrogens with one attached hydrogen (secondary N) is 1. The van der Waals surface area contributed by atoms with Crippen LogP contribution in [0.4, 0.5) is 0 Å². The van der Waals surface area contributed by atoms with E-state index in [1.807, 2.05) is 0 Å². The number of aliphatic hydroxyl groups is 1. The zero-order valence-electron chi connectivity index (χ0n) is 9.92. The van der Waals surface area contributed by atoms with Crippen LogP contribution >= 0.6 is 27.5 Å². The van der Waals surface area contributed by atoms with E-state index in [1.54, 1.807) is 39.0 Å². The second-order valence-corrected chi connectivity index (χ2v) is 5.80. The molecule has 5 heteroatoms. The van der Waals surface area contributed by atoms with E-state index >= 15 is 0 Å². The lowest BCUT2D eigenvalue weighted by molar-refractivity contribution is 0.0709. The first-order valence-electron chi connectivity index (χ1n) is 5.19. The van der Waals surface area contributed by atoms with E-state index in [4.69, 9.17) is 11.6 Å². The largest absolute Gasteiger partial charge is 0.391 e. The fraction of sp³-hybridized carbons (Fsp3) is 0.417. The smallest absolute Gasteiger partial charge is 0.253 e. The van der Waals surface area contributed by atoms with E-state index in [-0.39, 0.29) is 5.91 Å². The lowest BCUT2D eigenvalue weighted by atomic mass is 9.98. The molecule has 0 bridgehead atoms. The summed E-state index contributed by atoms with van der Waals surface area (Å²) < 4.78 is 0.780. The number of halogens is 2. The van der Waals surface area contributed by atoms with Crippen LogP contribution in [0.25, 0.3) is 0 Å². The summed E-state index contributed by atoms with van der Waals surface area (Å²) in [4.78, 5) is 12.0. The normalized spacial score (nSPS) is 13.3. The van der Waals surface area contributed by atoms with E-state index in [9.17, 15) is 9.90 Å². The van der Waals surface area contributed by atoms with Crippen LogP contribution in [0.15, 0.2) is 22.7 Å². The Labute approximate surface area is 114 Å². The summed E-state index contributed by atoms with van der Waals surface area (Å²) in [7, 11) is 0. The summed E-state index contributed by atoms with van der Waals surface area (Å²) in [6.45, 7) is 5.13. The Balaban J connectivity index is 2.94. The molecule has 0 aliphatic carbocycles. The molecule has 0 spiro atoms. The van der Waals surface area contributed by atoms with Gasteiger partial charge in [0.2, 0.25) is 0 Å². The van der Waals surface area contributed by atoms with Crippen molar-refractivity contribution in [3.63, 3.8) is 0 Å². The third kappa shape index (κ3) is 3.69. The zero-order chi connectivity index (χ0) is 13.2. The fourth-order valence-corrected chi connectivity index (χ4v) is 1.70. The predicted molar refractivity (Wildman–Crippen MR) is 72.4 cm³/mol. The molecule has 3 nitrogen and oxygen atoms in total. The van der Waals surface area contributed by atoms with Gasteiger partial charge in [-0.25, -0.2) is 0 Å². The number of aliphatic hydroxyl groups excluding tert-OH is 1. The van der Waals surface area contributed by atoms with Crippen molar-refractivity contribution >= 4 is 33.4 Å². The fourth-order valence-electron chi connectivity index (χ4n) is 1.14. The number of hydrogen-bond acceptors (Lipinski definition) is 2. The minimum atomic E-state index is -0.706. The van der Waals surface area contributed by atoms with Crippen molar-refractivity contribution in [2.24, 2.45) is 0 Å². The number of carbonyl (C=O) groups excluding carboxylic acids is 1. The molecule has 0 saturated heterocycles. The molecule has 1 rings (SSSR count). The Morgan fingerprint density at radius 2 is 2.12 bits per heavy atom. The van der Waals surface area contributed by atoms with Crippen LogP contribution in [0.2, 0.25) is 5.02 Å². The molecule has 17 heavy (non-hydrogen) atoms. The van der Waals surface area contributed by atoms with Crippen LogP contribution in [0.3, 0.4) is 0 Å². The molecule has 0 fully saturated rings. The van der Waals surface area contributed by atoms with Crippen molar-refractivity contribution in [1.82, 2.24) is 5.32 Å². The molecule has 1 aromatic rings. The molecular formula is C12H15BrClNO2. The second-order valence-electron chi connectivity index (χ2n) is 4.48. The third-order valence-corrected chi connectivity index (χ3v) is 3.48. The maximum atomic E-state index is 12.0. The molecule has 94 valence electrons. The summed E-state index contributed by atoms with van der Waals surface area (Å²) in [6.07, 6.45) is -0.655. The summed E-state index contributed by atoms with van der Waals surface area (Å²) in [6, 6.07) is 5.06. The SMILES string of the molecule is CC(O)C(C)(C)NC(=O)c1cc(Br)ccc1Cl. The number of carbonyl (C=O) groups is 1. The van der Waals surface area contributed by atoms with Crippen molar-refractivity contribution in [2.75, 3.05) is 0 Å². The molecule has 1 aromatic carbocycles. The summed E-state index contributed by atoms with van der Waals surface area (Å²) in [5.74, 6) is -0.304. The predicted octanol–water partition coefficient (Wildman–Crippen LogP) is 2.99. The van der Waals surface area contributed by atoms with Crippen molar-refractivity contribution in [3.8, 4) is 0 Å². The molecule has 0 aliphatic rings.